The number of aryl methyl sites for hydroxylation is 2. The van der Waals surface area contributed by atoms with E-state index in [1.54, 1.807) is 37.3 Å². The molecule has 0 radical (unpaired) electrons. The van der Waals surface area contributed by atoms with E-state index in [-0.39, 0.29) is 15.6 Å². The van der Waals surface area contributed by atoms with Crippen LogP contribution >= 0.6 is 11.6 Å². The maximum absolute atomic E-state index is 13.0. The Kier molecular flexibility index (Phi) is 8.29. The highest BCUT2D eigenvalue weighted by atomic mass is 35.5. The van der Waals surface area contributed by atoms with Crippen LogP contribution in [0.3, 0.4) is 0 Å². The first-order valence-corrected chi connectivity index (χ1v) is 14.0. The number of hydrogen-bond donors (Lipinski definition) is 2. The molecule has 0 aliphatic rings. The van der Waals surface area contributed by atoms with E-state index in [4.69, 9.17) is 11.6 Å². The Bertz CT molecular complexity index is 1470. The molecule has 0 atom stereocenters. The van der Waals surface area contributed by atoms with Gasteiger partial charge in [-0.05, 0) is 67.4 Å². The van der Waals surface area contributed by atoms with E-state index in [2.05, 4.69) is 10.0 Å². The molecule has 36 heavy (non-hydrogen) atoms. The highest BCUT2D eigenvalue weighted by Crippen LogP contribution is 2.26. The highest BCUT2D eigenvalue weighted by molar-refractivity contribution is 7.92. The third kappa shape index (κ3) is 6.35. The molecule has 1 amide bonds. The van der Waals surface area contributed by atoms with Crippen LogP contribution in [-0.4, -0.2) is 47.7 Å². The number of carbonyl (C=O) groups is 1. The fourth-order valence-corrected chi connectivity index (χ4v) is 5.71. The number of anilines is 3. The third-order valence-electron chi connectivity index (χ3n) is 5.23. The molecule has 0 fully saturated rings. The average Bonchev–Trinajstić information content (AvgIpc) is 2.81. The summed E-state index contributed by atoms with van der Waals surface area (Å²) in [7, 11) is -5.10. The molecule has 0 unspecified atom stereocenters. The molecule has 0 bridgehead atoms. The van der Waals surface area contributed by atoms with E-state index in [0.29, 0.717) is 16.9 Å². The summed E-state index contributed by atoms with van der Waals surface area (Å²) in [5, 5.41) is 2.88. The van der Waals surface area contributed by atoms with Gasteiger partial charge >= 0.3 is 10.2 Å². The predicted octanol–water partition coefficient (Wildman–Crippen LogP) is 4.01. The molecule has 0 aliphatic carbocycles. The van der Waals surface area contributed by atoms with Crippen LogP contribution in [0.4, 0.5) is 17.1 Å². The normalized spacial score (nSPS) is 11.8. The second kappa shape index (κ2) is 10.9. The second-order valence-electron chi connectivity index (χ2n) is 8.24. The van der Waals surface area contributed by atoms with Crippen LogP contribution in [-0.2, 0) is 25.0 Å². The molecule has 2 N–H and O–H groups in total. The van der Waals surface area contributed by atoms with Crippen LogP contribution in [0.2, 0.25) is 5.02 Å². The van der Waals surface area contributed by atoms with Gasteiger partial charge in [-0.1, -0.05) is 35.9 Å². The fourth-order valence-electron chi connectivity index (χ4n) is 3.27. The zero-order valence-electron chi connectivity index (χ0n) is 20.2. The quantitative estimate of drug-likeness (QED) is 0.417. The van der Waals surface area contributed by atoms with Gasteiger partial charge in [-0.3, -0.25) is 9.52 Å². The van der Waals surface area contributed by atoms with Gasteiger partial charge in [0, 0.05) is 19.8 Å². The minimum absolute atomic E-state index is 0.0346. The molecule has 3 aromatic carbocycles. The van der Waals surface area contributed by atoms with Crippen molar-refractivity contribution < 1.29 is 21.6 Å². The number of sulfonamides is 1. The molecule has 0 spiro atoms. The topological polar surface area (TPSA) is 116 Å². The summed E-state index contributed by atoms with van der Waals surface area (Å²) in [5.41, 5.74) is 2.48. The van der Waals surface area contributed by atoms with Crippen molar-refractivity contribution in [1.29, 1.82) is 0 Å². The number of benzene rings is 3. The maximum Gasteiger partial charge on any atom is 0.304 e. The zero-order valence-corrected chi connectivity index (χ0v) is 22.6. The van der Waals surface area contributed by atoms with E-state index in [9.17, 15) is 21.6 Å². The van der Waals surface area contributed by atoms with Gasteiger partial charge in [0.2, 0.25) is 5.91 Å². The molecule has 0 aromatic heterocycles. The van der Waals surface area contributed by atoms with Crippen molar-refractivity contribution in [2.24, 2.45) is 0 Å². The van der Waals surface area contributed by atoms with E-state index in [0.717, 1.165) is 14.2 Å². The average molecular weight is 551 g/mol. The standard InChI is InChI=1S/C24H27ClN4O5S2/c1-17-9-10-18(2)23(15-17)29(36(33,34)28(3)4)16-24(30)26-19-11-13-20(14-12-19)35(31,32)27-22-8-6-5-7-21(22)25/h5-15,27H,16H2,1-4H3,(H,26,30). The SMILES string of the molecule is Cc1ccc(C)c(N(CC(=O)Nc2ccc(S(=O)(=O)Nc3ccccc3Cl)cc2)S(=O)(=O)N(C)C)c1. The number of rotatable bonds is 9. The van der Waals surface area contributed by atoms with Crippen molar-refractivity contribution in [3.8, 4) is 0 Å². The van der Waals surface area contributed by atoms with E-state index in [1.165, 1.54) is 44.4 Å². The number of carbonyl (C=O) groups excluding carboxylic acids is 1. The van der Waals surface area contributed by atoms with E-state index >= 15 is 0 Å². The minimum Gasteiger partial charge on any atom is -0.325 e. The predicted molar refractivity (Wildman–Crippen MR) is 143 cm³/mol. The van der Waals surface area contributed by atoms with Crippen molar-refractivity contribution in [2.45, 2.75) is 18.7 Å². The van der Waals surface area contributed by atoms with Gasteiger partial charge in [-0.25, -0.2) is 12.7 Å². The number of nitrogens with one attached hydrogen (secondary N) is 2. The van der Waals surface area contributed by atoms with E-state index < -0.39 is 32.7 Å². The molecular weight excluding hydrogens is 524 g/mol. The Balaban J connectivity index is 1.79. The number of nitrogens with zero attached hydrogens (tertiary/aromatic N) is 2. The molecule has 0 saturated heterocycles. The lowest BCUT2D eigenvalue weighted by atomic mass is 10.1. The summed E-state index contributed by atoms with van der Waals surface area (Å²) in [6.45, 7) is 3.12. The molecule has 0 heterocycles. The van der Waals surface area contributed by atoms with Gasteiger partial charge in [0.05, 0.1) is 21.3 Å². The first-order chi connectivity index (χ1) is 16.8. The Labute approximate surface area is 216 Å². The first-order valence-electron chi connectivity index (χ1n) is 10.8. The van der Waals surface area contributed by atoms with Crippen LogP contribution in [0.5, 0.6) is 0 Å². The van der Waals surface area contributed by atoms with Gasteiger partial charge in [-0.2, -0.15) is 12.7 Å². The fraction of sp³-hybridized carbons (Fsp3) is 0.208. The number of halogens is 1. The lowest BCUT2D eigenvalue weighted by molar-refractivity contribution is -0.114. The molecule has 3 rings (SSSR count). The van der Waals surface area contributed by atoms with Crippen LogP contribution in [0.25, 0.3) is 0 Å². The Morgan fingerprint density at radius 1 is 0.917 bits per heavy atom. The van der Waals surface area contributed by atoms with Crippen molar-refractivity contribution in [3.63, 3.8) is 0 Å². The Hall–Kier alpha value is -3.12. The summed E-state index contributed by atoms with van der Waals surface area (Å²) < 4.78 is 55.9. The van der Waals surface area contributed by atoms with Crippen molar-refractivity contribution in [3.05, 3.63) is 82.9 Å². The number of para-hydroxylation sites is 1. The Morgan fingerprint density at radius 2 is 1.56 bits per heavy atom. The molecule has 0 aliphatic heterocycles. The van der Waals surface area contributed by atoms with Crippen LogP contribution in [0.1, 0.15) is 11.1 Å². The van der Waals surface area contributed by atoms with Crippen LogP contribution < -0.4 is 14.3 Å². The summed E-state index contributed by atoms with van der Waals surface area (Å²) in [6.07, 6.45) is 0. The highest BCUT2D eigenvalue weighted by Gasteiger charge is 2.28. The van der Waals surface area contributed by atoms with Gasteiger partial charge in [0.1, 0.15) is 6.54 Å². The van der Waals surface area contributed by atoms with Crippen molar-refractivity contribution in [1.82, 2.24) is 4.31 Å². The van der Waals surface area contributed by atoms with Gasteiger partial charge in [-0.15, -0.1) is 0 Å². The lowest BCUT2D eigenvalue weighted by Crippen LogP contribution is -2.44. The van der Waals surface area contributed by atoms with Crippen LogP contribution in [0, 0.1) is 13.8 Å². The second-order valence-corrected chi connectivity index (χ2v) is 12.4. The summed E-state index contributed by atoms with van der Waals surface area (Å²) in [6, 6.07) is 17.3. The van der Waals surface area contributed by atoms with Crippen LogP contribution in [0.15, 0.2) is 71.6 Å². The van der Waals surface area contributed by atoms with Gasteiger partial charge in [0.25, 0.3) is 10.0 Å². The van der Waals surface area contributed by atoms with Gasteiger partial charge in [0.15, 0.2) is 0 Å². The molecular formula is C24H27ClN4O5S2. The summed E-state index contributed by atoms with van der Waals surface area (Å²) >= 11 is 6.03. The Morgan fingerprint density at radius 3 is 2.17 bits per heavy atom. The largest absolute Gasteiger partial charge is 0.325 e. The maximum atomic E-state index is 13.0. The molecule has 3 aromatic rings. The number of hydrogen-bond acceptors (Lipinski definition) is 5. The molecule has 192 valence electrons. The monoisotopic (exact) mass is 550 g/mol. The smallest absolute Gasteiger partial charge is 0.304 e. The molecule has 9 nitrogen and oxygen atoms in total. The third-order valence-corrected chi connectivity index (χ3v) is 8.74. The lowest BCUT2D eigenvalue weighted by Gasteiger charge is -2.28. The first kappa shape index (κ1) is 27.5. The summed E-state index contributed by atoms with van der Waals surface area (Å²) in [4.78, 5) is 12.8. The van der Waals surface area contributed by atoms with Crippen molar-refractivity contribution >= 4 is 54.8 Å². The van der Waals surface area contributed by atoms with E-state index in [1.807, 2.05) is 13.0 Å². The van der Waals surface area contributed by atoms with Gasteiger partial charge < -0.3 is 5.32 Å². The summed E-state index contributed by atoms with van der Waals surface area (Å²) in [5.74, 6) is -0.592. The minimum atomic E-state index is -3.97. The molecule has 12 heteroatoms. The molecule has 0 saturated carbocycles. The zero-order chi connectivity index (χ0) is 26.7. The number of amides is 1. The van der Waals surface area contributed by atoms with Crippen molar-refractivity contribution in [2.75, 3.05) is 35.0 Å².